The van der Waals surface area contributed by atoms with Crippen molar-refractivity contribution in [2.75, 3.05) is 37.9 Å². The second-order valence-electron chi connectivity index (χ2n) is 23.7. The van der Waals surface area contributed by atoms with E-state index in [2.05, 4.69) is 13.8 Å². The van der Waals surface area contributed by atoms with Gasteiger partial charge in [-0.25, -0.2) is 9.59 Å². The Kier molecular flexibility index (Phi) is 31.7. The molecule has 0 bridgehead atoms. The molecule has 0 atom stereocenters. The van der Waals surface area contributed by atoms with Gasteiger partial charge in [0.05, 0.1) is 26.4 Å². The summed E-state index contributed by atoms with van der Waals surface area (Å²) in [7, 11) is 0. The summed E-state index contributed by atoms with van der Waals surface area (Å²) in [5.74, 6) is 0.339. The minimum atomic E-state index is -2.17. The lowest BCUT2D eigenvalue weighted by molar-refractivity contribution is -0.172. The first kappa shape index (κ1) is 71.6. The number of carboxylic acid groups (broad SMARTS) is 2. The molecule has 0 amide bonds. The zero-order chi connectivity index (χ0) is 64.8. The second-order valence-corrected chi connectivity index (χ2v) is 23.7. The molecule has 0 saturated carbocycles. The fraction of sp³-hybridized carbons (Fsp3) is 0.429. The van der Waals surface area contributed by atoms with Crippen LogP contribution in [0.5, 0.6) is 34.5 Å². The maximum Gasteiger partial charge on any atom is 0.336 e. The Morgan fingerprint density at radius 1 is 0.374 bits per heavy atom. The van der Waals surface area contributed by atoms with Gasteiger partial charge in [-0.05, 0) is 170 Å². The molecule has 91 heavy (non-hydrogen) atoms. The van der Waals surface area contributed by atoms with Gasteiger partial charge >= 0.3 is 23.9 Å². The van der Waals surface area contributed by atoms with Crippen LogP contribution in [0.15, 0.2) is 158 Å². The molecule has 6 aromatic rings. The van der Waals surface area contributed by atoms with Gasteiger partial charge < -0.3 is 50.1 Å². The third kappa shape index (κ3) is 25.0. The van der Waals surface area contributed by atoms with Crippen molar-refractivity contribution >= 4 is 47.4 Å². The highest BCUT2D eigenvalue weighted by Gasteiger charge is 2.62. The average molecular weight is 1240 g/mol. The number of anilines is 2. The van der Waals surface area contributed by atoms with Crippen LogP contribution < -0.4 is 39.9 Å². The zero-order valence-electron chi connectivity index (χ0n) is 53.8. The zero-order valence-corrected chi connectivity index (χ0v) is 53.8. The van der Waals surface area contributed by atoms with E-state index in [1.54, 1.807) is 97.1 Å². The molecule has 6 aromatic carbocycles. The molecule has 14 heteroatoms. The lowest BCUT2D eigenvalue weighted by atomic mass is 9.53. The molecule has 488 valence electrons. The highest BCUT2D eigenvalue weighted by Crippen LogP contribution is 2.52. The highest BCUT2D eigenvalue weighted by molar-refractivity contribution is 6.01. The van der Waals surface area contributed by atoms with Crippen LogP contribution in [0.2, 0.25) is 0 Å². The van der Waals surface area contributed by atoms with Crippen molar-refractivity contribution in [2.24, 2.45) is 5.41 Å². The van der Waals surface area contributed by atoms with Crippen molar-refractivity contribution in [1.29, 1.82) is 0 Å². The molecule has 0 spiro atoms. The predicted octanol–water partition coefficient (Wildman–Crippen LogP) is 18.0. The summed E-state index contributed by atoms with van der Waals surface area (Å²) in [5, 5.41) is 22.7. The second kappa shape index (κ2) is 40.3. The first-order chi connectivity index (χ1) is 44.3. The third-order valence-corrected chi connectivity index (χ3v) is 16.7. The number of hydrogen-bond donors (Lipinski definition) is 4. The molecule has 14 nitrogen and oxygen atoms in total. The SMILES string of the molecule is CCCCOc1ccc(OC(=O)C=Cc2ccc(OCCCCCCCCCCCC(CCCCCCCCCCCOc3ccc(C=CC(=O)Oc4ccc(OCCCC)cc4)cc3)(c3ccc(N)cc3)C(Cc3ccc(N)cc3)(C(=O)O)C(=O)O)cc2)cc1. The first-order valence-corrected chi connectivity index (χ1v) is 33.2. The van der Waals surface area contributed by atoms with E-state index < -0.39 is 34.7 Å². The maximum absolute atomic E-state index is 13.9. The summed E-state index contributed by atoms with van der Waals surface area (Å²) in [6.45, 7) is 6.76. The highest BCUT2D eigenvalue weighted by atomic mass is 16.5. The van der Waals surface area contributed by atoms with Crippen LogP contribution in [0.4, 0.5) is 11.4 Å². The number of nitrogen functional groups attached to an aromatic ring is 2. The monoisotopic (exact) mass is 1240 g/mol. The standard InChI is InChI=1S/C77H98N2O12/c1-3-5-55-86-68-43-47-70(48-44-68)90-72(80)51-31-60-27-39-66(40-28-60)88-57-23-19-15-11-7-9-13-17-21-53-76(63-33-37-65(79)38-34-63,77(74(82)83,75(84)85)59-62-25-35-64(78)36-26-62)54-22-18-14-10-8-12-16-20-24-58-89-67-41-29-61(30-42-67)32-52-73(81)91-71-49-45-69(46-50-71)87-56-6-4-2/h25-52H,3-24,53-59,78-79H2,1-2H3,(H,82,83)(H,84,85). The quantitative estimate of drug-likeness (QED) is 0.00699. The molecule has 0 aliphatic heterocycles. The summed E-state index contributed by atoms with van der Waals surface area (Å²) in [4.78, 5) is 52.7. The smallest absolute Gasteiger partial charge is 0.336 e. The molecule has 0 aliphatic rings. The average Bonchev–Trinajstić information content (AvgIpc) is 0.756. The van der Waals surface area contributed by atoms with Gasteiger partial charge in [-0.2, -0.15) is 0 Å². The van der Waals surface area contributed by atoms with Crippen LogP contribution in [0, 0.1) is 5.41 Å². The number of benzene rings is 6. The molecular weight excluding hydrogens is 1140 g/mol. The van der Waals surface area contributed by atoms with E-state index in [1.807, 2.05) is 60.7 Å². The van der Waals surface area contributed by atoms with E-state index in [0.717, 1.165) is 163 Å². The Morgan fingerprint density at radius 3 is 1.01 bits per heavy atom. The topological polar surface area (TPSA) is 216 Å². The van der Waals surface area contributed by atoms with Crippen molar-refractivity contribution in [1.82, 2.24) is 0 Å². The van der Waals surface area contributed by atoms with Crippen LogP contribution >= 0.6 is 0 Å². The Hall–Kier alpha value is -8.52. The number of aliphatic carboxylic acids is 2. The number of esters is 2. The number of carbonyl (C=O) groups excluding carboxylic acids is 2. The molecule has 0 unspecified atom stereocenters. The van der Waals surface area contributed by atoms with Crippen molar-refractivity contribution in [3.8, 4) is 34.5 Å². The van der Waals surface area contributed by atoms with E-state index in [9.17, 15) is 29.4 Å². The predicted molar refractivity (Wildman–Crippen MR) is 364 cm³/mol. The molecule has 0 saturated heterocycles. The lowest BCUT2D eigenvalue weighted by Crippen LogP contribution is -2.57. The molecule has 6 rings (SSSR count). The molecule has 0 heterocycles. The number of hydrogen-bond acceptors (Lipinski definition) is 12. The number of nitrogens with two attached hydrogens (primary N) is 2. The molecule has 0 aromatic heterocycles. The van der Waals surface area contributed by atoms with Crippen molar-refractivity contribution in [3.05, 3.63) is 180 Å². The number of carbonyl (C=O) groups is 4. The maximum atomic E-state index is 13.9. The van der Waals surface area contributed by atoms with Gasteiger partial charge in [-0.1, -0.05) is 178 Å². The largest absolute Gasteiger partial charge is 0.494 e. The Morgan fingerprint density at radius 2 is 0.670 bits per heavy atom. The minimum Gasteiger partial charge on any atom is -0.494 e. The molecule has 6 N–H and O–H groups in total. The number of rotatable bonds is 46. The van der Waals surface area contributed by atoms with Crippen LogP contribution in [0.3, 0.4) is 0 Å². The van der Waals surface area contributed by atoms with E-state index in [1.165, 1.54) is 12.2 Å². The number of ether oxygens (including phenoxy) is 6. The molecular formula is C77H98N2O12. The Labute approximate surface area is 540 Å². The van der Waals surface area contributed by atoms with E-state index in [-0.39, 0.29) is 6.42 Å². The van der Waals surface area contributed by atoms with Crippen molar-refractivity contribution < 1.29 is 57.8 Å². The van der Waals surface area contributed by atoms with Crippen LogP contribution in [-0.2, 0) is 31.0 Å². The normalized spacial score (nSPS) is 12.2. The molecule has 0 fully saturated rings. The van der Waals surface area contributed by atoms with Crippen LogP contribution in [-0.4, -0.2) is 60.5 Å². The summed E-state index contributed by atoms with van der Waals surface area (Å²) in [5.41, 5.74) is 12.9. The molecule has 0 aliphatic carbocycles. The third-order valence-electron chi connectivity index (χ3n) is 16.7. The van der Waals surface area contributed by atoms with Gasteiger partial charge in [0.1, 0.15) is 34.5 Å². The van der Waals surface area contributed by atoms with Gasteiger partial charge in [-0.15, -0.1) is 0 Å². The van der Waals surface area contributed by atoms with Gasteiger partial charge in [0.25, 0.3) is 0 Å². The van der Waals surface area contributed by atoms with E-state index in [4.69, 9.17) is 39.9 Å². The summed E-state index contributed by atoms with van der Waals surface area (Å²) in [6.07, 6.45) is 28.6. The minimum absolute atomic E-state index is 0.189. The molecule has 0 radical (unpaired) electrons. The summed E-state index contributed by atoms with van der Waals surface area (Å²) < 4.78 is 34.2. The van der Waals surface area contributed by atoms with Gasteiger partial charge in [0.15, 0.2) is 5.41 Å². The number of unbranched alkanes of at least 4 members (excludes halogenated alkanes) is 18. The van der Waals surface area contributed by atoms with E-state index >= 15 is 0 Å². The van der Waals surface area contributed by atoms with Crippen LogP contribution in [0.25, 0.3) is 12.2 Å². The van der Waals surface area contributed by atoms with Gasteiger partial charge in [-0.3, -0.25) is 9.59 Å². The van der Waals surface area contributed by atoms with Crippen molar-refractivity contribution in [2.45, 2.75) is 180 Å². The summed E-state index contributed by atoms with van der Waals surface area (Å²) >= 11 is 0. The van der Waals surface area contributed by atoms with E-state index in [0.29, 0.717) is 86.1 Å². The number of carboxylic acids is 2. The fourth-order valence-corrected chi connectivity index (χ4v) is 11.4. The Bertz CT molecular complexity index is 2940. The lowest BCUT2D eigenvalue weighted by Gasteiger charge is -2.47. The van der Waals surface area contributed by atoms with Gasteiger partial charge in [0, 0.05) is 35.4 Å². The summed E-state index contributed by atoms with van der Waals surface area (Å²) in [6, 6.07) is 43.4. The Balaban J connectivity index is 0.897. The van der Waals surface area contributed by atoms with Crippen LogP contribution in [0.1, 0.15) is 190 Å². The van der Waals surface area contributed by atoms with Gasteiger partial charge in [0.2, 0.25) is 0 Å². The first-order valence-electron chi connectivity index (χ1n) is 33.2. The fourth-order valence-electron chi connectivity index (χ4n) is 11.4. The van der Waals surface area contributed by atoms with Crippen molar-refractivity contribution in [3.63, 3.8) is 0 Å².